The van der Waals surface area contributed by atoms with E-state index in [-0.39, 0.29) is 30.2 Å². The molecule has 4 rings (SSSR count). The first-order valence-electron chi connectivity index (χ1n) is 10.7. The maximum atomic E-state index is 13.2. The van der Waals surface area contributed by atoms with E-state index >= 15 is 0 Å². The minimum absolute atomic E-state index is 0.0663. The number of carbonyl (C=O) groups is 1. The number of hydrogen-bond acceptors (Lipinski definition) is 11. The zero-order valence-electron chi connectivity index (χ0n) is 18.9. The van der Waals surface area contributed by atoms with Gasteiger partial charge in [0.15, 0.2) is 5.76 Å². The Morgan fingerprint density at radius 1 is 1.30 bits per heavy atom. The van der Waals surface area contributed by atoms with Crippen molar-refractivity contribution in [2.45, 2.75) is 25.5 Å². The summed E-state index contributed by atoms with van der Waals surface area (Å²) in [6.07, 6.45) is 1.52. The standard InChI is InChI=1S/C20H29N9O4/c1-20(2,31)12-27-6-8-28(9-7-27)16(30)13(11-32-3)22-18-24-17(21)29-19(25-18)23-15(26-29)14-5-4-10-33-14/h4-5,10,13,31H,6-9,11-12H2,1-3H3,(H3,21,22,23,24,25,26)/t13-/m0/s1. The van der Waals surface area contributed by atoms with Gasteiger partial charge in [-0.2, -0.15) is 19.5 Å². The van der Waals surface area contributed by atoms with Crippen LogP contribution in [0.15, 0.2) is 22.8 Å². The van der Waals surface area contributed by atoms with Gasteiger partial charge >= 0.3 is 0 Å². The third kappa shape index (κ3) is 5.38. The number of carbonyl (C=O) groups excluding carboxylic acids is 1. The maximum absolute atomic E-state index is 13.2. The van der Waals surface area contributed by atoms with E-state index in [4.69, 9.17) is 14.9 Å². The number of hydrogen-bond donors (Lipinski definition) is 3. The molecule has 0 aliphatic carbocycles. The molecule has 33 heavy (non-hydrogen) atoms. The van der Waals surface area contributed by atoms with E-state index in [2.05, 4.69) is 30.3 Å². The first-order chi connectivity index (χ1) is 15.7. The van der Waals surface area contributed by atoms with E-state index in [1.54, 1.807) is 30.9 Å². The van der Waals surface area contributed by atoms with Crippen LogP contribution in [0.4, 0.5) is 11.9 Å². The van der Waals surface area contributed by atoms with Crippen LogP contribution >= 0.6 is 0 Å². The van der Waals surface area contributed by atoms with E-state index in [9.17, 15) is 9.90 Å². The fourth-order valence-corrected chi connectivity index (χ4v) is 3.77. The third-order valence-corrected chi connectivity index (χ3v) is 5.20. The number of β-amino-alcohol motifs (C(OH)–C–C–N with tert-alkyl or cyclic N) is 1. The predicted molar refractivity (Wildman–Crippen MR) is 119 cm³/mol. The molecule has 1 saturated heterocycles. The number of aromatic nitrogens is 5. The van der Waals surface area contributed by atoms with Gasteiger partial charge in [0, 0.05) is 39.8 Å². The van der Waals surface area contributed by atoms with Crippen molar-refractivity contribution in [2.24, 2.45) is 0 Å². The molecule has 0 spiro atoms. The highest BCUT2D eigenvalue weighted by molar-refractivity contribution is 5.84. The van der Waals surface area contributed by atoms with Crippen molar-refractivity contribution in [3.63, 3.8) is 0 Å². The molecule has 4 N–H and O–H groups in total. The van der Waals surface area contributed by atoms with Gasteiger partial charge in [0.1, 0.15) is 6.04 Å². The summed E-state index contributed by atoms with van der Waals surface area (Å²) in [5.41, 5.74) is 5.27. The zero-order valence-corrected chi connectivity index (χ0v) is 18.9. The molecule has 0 aromatic carbocycles. The number of ether oxygens (including phenoxy) is 1. The van der Waals surface area contributed by atoms with Crippen molar-refractivity contribution >= 4 is 23.6 Å². The number of nitrogens with two attached hydrogens (primary N) is 1. The number of anilines is 2. The molecule has 0 unspecified atom stereocenters. The van der Waals surface area contributed by atoms with Gasteiger partial charge in [-0.25, -0.2) is 0 Å². The Morgan fingerprint density at radius 2 is 2.06 bits per heavy atom. The molecule has 3 aromatic rings. The highest BCUT2D eigenvalue weighted by atomic mass is 16.5. The number of rotatable bonds is 8. The summed E-state index contributed by atoms with van der Waals surface area (Å²) in [5.74, 6) is 1.11. The summed E-state index contributed by atoms with van der Waals surface area (Å²) in [6, 6.07) is 2.76. The number of furan rings is 1. The molecular formula is C20H29N9O4. The van der Waals surface area contributed by atoms with Crippen molar-refractivity contribution in [1.82, 2.24) is 34.4 Å². The van der Waals surface area contributed by atoms with Crippen molar-refractivity contribution < 1.29 is 19.1 Å². The molecule has 1 aliphatic rings. The van der Waals surface area contributed by atoms with Crippen LogP contribution in [-0.4, -0.2) is 103 Å². The van der Waals surface area contributed by atoms with E-state index < -0.39 is 11.6 Å². The molecule has 1 atom stereocenters. The first-order valence-corrected chi connectivity index (χ1v) is 10.7. The summed E-state index contributed by atoms with van der Waals surface area (Å²) in [7, 11) is 1.52. The lowest BCUT2D eigenvalue weighted by molar-refractivity contribution is -0.135. The fraction of sp³-hybridized carbons (Fsp3) is 0.550. The molecular weight excluding hydrogens is 430 g/mol. The van der Waals surface area contributed by atoms with E-state index in [0.717, 1.165) is 0 Å². The minimum Gasteiger partial charge on any atom is -0.461 e. The van der Waals surface area contributed by atoms with Gasteiger partial charge < -0.3 is 30.2 Å². The molecule has 0 bridgehead atoms. The Morgan fingerprint density at radius 3 is 2.70 bits per heavy atom. The van der Waals surface area contributed by atoms with Crippen molar-refractivity contribution in [3.8, 4) is 11.6 Å². The van der Waals surface area contributed by atoms with E-state index in [0.29, 0.717) is 44.3 Å². The van der Waals surface area contributed by atoms with Crippen LogP contribution in [0.3, 0.4) is 0 Å². The van der Waals surface area contributed by atoms with E-state index in [1.165, 1.54) is 17.9 Å². The number of fused-ring (bicyclic) bond motifs is 1. The van der Waals surface area contributed by atoms with Gasteiger partial charge in [0.05, 0.1) is 18.5 Å². The number of methoxy groups -OCH3 is 1. The van der Waals surface area contributed by atoms with Gasteiger partial charge in [-0.05, 0) is 26.0 Å². The molecule has 4 heterocycles. The SMILES string of the molecule is COC[C@H](Nc1nc(N)n2nc(-c3ccco3)nc2n1)C(=O)N1CCN(CC(C)(C)O)CC1. The van der Waals surface area contributed by atoms with Crippen LogP contribution in [0.1, 0.15) is 13.8 Å². The number of aliphatic hydroxyl groups is 1. The lowest BCUT2D eigenvalue weighted by Gasteiger charge is -2.38. The second-order valence-electron chi connectivity index (χ2n) is 8.60. The molecule has 1 aliphatic heterocycles. The van der Waals surface area contributed by atoms with Crippen LogP contribution in [0.2, 0.25) is 0 Å². The smallest absolute Gasteiger partial charge is 0.259 e. The average molecular weight is 460 g/mol. The molecule has 0 saturated carbocycles. The molecule has 3 aromatic heterocycles. The van der Waals surface area contributed by atoms with Crippen molar-refractivity contribution in [1.29, 1.82) is 0 Å². The highest BCUT2D eigenvalue weighted by Gasteiger charge is 2.30. The number of piperazine rings is 1. The monoisotopic (exact) mass is 459 g/mol. The quantitative estimate of drug-likeness (QED) is 0.406. The van der Waals surface area contributed by atoms with Crippen LogP contribution in [0.25, 0.3) is 17.4 Å². The van der Waals surface area contributed by atoms with Gasteiger partial charge in [0.2, 0.25) is 23.6 Å². The maximum Gasteiger partial charge on any atom is 0.259 e. The number of nitrogens with one attached hydrogen (secondary N) is 1. The Balaban J connectivity index is 1.47. The summed E-state index contributed by atoms with van der Waals surface area (Å²) >= 11 is 0. The fourth-order valence-electron chi connectivity index (χ4n) is 3.77. The van der Waals surface area contributed by atoms with Gasteiger partial charge in [-0.15, -0.1) is 5.10 Å². The van der Waals surface area contributed by atoms with Crippen LogP contribution in [-0.2, 0) is 9.53 Å². The minimum atomic E-state index is -0.777. The number of nitrogen functional groups attached to an aromatic ring is 1. The van der Waals surface area contributed by atoms with Crippen molar-refractivity contribution in [3.05, 3.63) is 18.4 Å². The Kier molecular flexibility index (Phi) is 6.44. The average Bonchev–Trinajstić information content (AvgIpc) is 3.42. The first kappa shape index (κ1) is 22.9. The van der Waals surface area contributed by atoms with Crippen molar-refractivity contribution in [2.75, 3.05) is 57.5 Å². The zero-order chi connectivity index (χ0) is 23.6. The van der Waals surface area contributed by atoms with Crippen LogP contribution in [0, 0.1) is 0 Å². The normalized spacial score (nSPS) is 16.3. The largest absolute Gasteiger partial charge is 0.461 e. The second kappa shape index (κ2) is 9.29. The molecule has 1 amide bonds. The third-order valence-electron chi connectivity index (χ3n) is 5.20. The highest BCUT2D eigenvalue weighted by Crippen LogP contribution is 2.18. The second-order valence-corrected chi connectivity index (χ2v) is 8.60. The van der Waals surface area contributed by atoms with Crippen LogP contribution < -0.4 is 11.1 Å². The summed E-state index contributed by atoms with van der Waals surface area (Å²) < 4.78 is 11.9. The summed E-state index contributed by atoms with van der Waals surface area (Å²) in [4.78, 5) is 30.0. The lowest BCUT2D eigenvalue weighted by Crippen LogP contribution is -2.55. The van der Waals surface area contributed by atoms with Gasteiger partial charge in [-0.1, -0.05) is 0 Å². The van der Waals surface area contributed by atoms with Gasteiger partial charge in [-0.3, -0.25) is 9.69 Å². The number of amides is 1. The molecule has 13 heteroatoms. The Labute approximate surface area is 190 Å². The molecule has 0 radical (unpaired) electrons. The molecule has 178 valence electrons. The molecule has 13 nitrogen and oxygen atoms in total. The lowest BCUT2D eigenvalue weighted by atomic mass is 10.1. The van der Waals surface area contributed by atoms with Crippen LogP contribution in [0.5, 0.6) is 0 Å². The number of nitrogens with zero attached hydrogens (tertiary/aromatic N) is 7. The summed E-state index contributed by atoms with van der Waals surface area (Å²) in [6.45, 7) is 6.70. The van der Waals surface area contributed by atoms with E-state index in [1.807, 2.05) is 0 Å². The topological polar surface area (TPSA) is 160 Å². The Hall–Kier alpha value is -3.29. The predicted octanol–water partition coefficient (Wildman–Crippen LogP) is -0.296. The molecule has 1 fully saturated rings. The Bertz CT molecular complexity index is 1090. The summed E-state index contributed by atoms with van der Waals surface area (Å²) in [5, 5.41) is 17.3. The van der Waals surface area contributed by atoms with Gasteiger partial charge in [0.25, 0.3) is 5.78 Å².